The van der Waals surface area contributed by atoms with Crippen molar-refractivity contribution in [1.82, 2.24) is 9.97 Å². The molecule has 0 unspecified atom stereocenters. The van der Waals surface area contributed by atoms with Crippen molar-refractivity contribution in [3.63, 3.8) is 0 Å². The van der Waals surface area contributed by atoms with Crippen molar-refractivity contribution in [1.29, 1.82) is 0 Å². The van der Waals surface area contributed by atoms with Gasteiger partial charge < -0.3 is 19.7 Å². The van der Waals surface area contributed by atoms with E-state index >= 15 is 0 Å². The zero-order valence-electron chi connectivity index (χ0n) is 17.3. The van der Waals surface area contributed by atoms with E-state index in [0.29, 0.717) is 0 Å². The van der Waals surface area contributed by atoms with E-state index in [1.165, 1.54) is 22.3 Å². The molecular formula is C23H26N4O2. The number of ether oxygens (including phenoxy) is 2. The molecule has 1 aliphatic rings. The van der Waals surface area contributed by atoms with Gasteiger partial charge in [-0.2, -0.15) is 4.98 Å². The summed E-state index contributed by atoms with van der Waals surface area (Å²) < 4.78 is 10.9. The summed E-state index contributed by atoms with van der Waals surface area (Å²) in [6.45, 7) is 5.82. The molecule has 6 heteroatoms. The first-order valence-corrected chi connectivity index (χ1v) is 9.74. The largest absolute Gasteiger partial charge is 0.493 e. The van der Waals surface area contributed by atoms with Crippen molar-refractivity contribution in [2.24, 2.45) is 0 Å². The highest BCUT2D eigenvalue weighted by atomic mass is 16.5. The van der Waals surface area contributed by atoms with Gasteiger partial charge in [0.2, 0.25) is 5.95 Å². The molecule has 0 spiro atoms. The Kier molecular flexibility index (Phi) is 5.25. The summed E-state index contributed by atoms with van der Waals surface area (Å²) in [5.41, 5.74) is 6.03. The average molecular weight is 390 g/mol. The van der Waals surface area contributed by atoms with E-state index in [-0.39, 0.29) is 0 Å². The number of aromatic nitrogens is 2. The molecular weight excluding hydrogens is 364 g/mol. The molecule has 150 valence electrons. The highest BCUT2D eigenvalue weighted by Crippen LogP contribution is 2.34. The van der Waals surface area contributed by atoms with Crippen molar-refractivity contribution >= 4 is 17.5 Å². The molecule has 29 heavy (non-hydrogen) atoms. The van der Waals surface area contributed by atoms with Crippen molar-refractivity contribution < 1.29 is 9.47 Å². The Morgan fingerprint density at radius 1 is 1.00 bits per heavy atom. The van der Waals surface area contributed by atoms with E-state index < -0.39 is 0 Å². The molecule has 2 aromatic carbocycles. The lowest BCUT2D eigenvalue weighted by Crippen LogP contribution is -2.31. The third-order valence-corrected chi connectivity index (χ3v) is 5.51. The molecule has 0 bridgehead atoms. The van der Waals surface area contributed by atoms with Crippen molar-refractivity contribution in [2.75, 3.05) is 31.0 Å². The second-order valence-electron chi connectivity index (χ2n) is 7.26. The summed E-state index contributed by atoms with van der Waals surface area (Å²) in [6.07, 6.45) is 2.72. The van der Waals surface area contributed by atoms with Crippen molar-refractivity contribution in [3.8, 4) is 11.5 Å². The lowest BCUT2D eigenvalue weighted by atomic mass is 9.99. The number of methoxy groups -OCH3 is 2. The fourth-order valence-corrected chi connectivity index (χ4v) is 3.65. The maximum Gasteiger partial charge on any atom is 0.227 e. The summed E-state index contributed by atoms with van der Waals surface area (Å²) in [5, 5.41) is 3.43. The van der Waals surface area contributed by atoms with Crippen LogP contribution in [-0.2, 0) is 13.0 Å². The van der Waals surface area contributed by atoms with E-state index in [1.54, 1.807) is 20.4 Å². The van der Waals surface area contributed by atoms with Gasteiger partial charge in [0.05, 0.1) is 14.2 Å². The second kappa shape index (κ2) is 7.99. The summed E-state index contributed by atoms with van der Waals surface area (Å²) in [6, 6.07) is 12.3. The molecule has 0 atom stereocenters. The van der Waals surface area contributed by atoms with Gasteiger partial charge in [0.25, 0.3) is 0 Å². The Balaban J connectivity index is 1.57. The average Bonchev–Trinajstić information content (AvgIpc) is 2.75. The van der Waals surface area contributed by atoms with Crippen LogP contribution < -0.4 is 19.7 Å². The Morgan fingerprint density at radius 3 is 2.52 bits per heavy atom. The number of anilines is 3. The molecule has 0 saturated heterocycles. The van der Waals surface area contributed by atoms with Gasteiger partial charge in [0.1, 0.15) is 5.82 Å². The Hall–Kier alpha value is -3.28. The van der Waals surface area contributed by atoms with Crippen molar-refractivity contribution in [2.45, 2.75) is 26.8 Å². The lowest BCUT2D eigenvalue weighted by Gasteiger charge is -2.29. The first-order chi connectivity index (χ1) is 14.1. The maximum absolute atomic E-state index is 5.46. The number of nitrogens with zero attached hydrogens (tertiary/aromatic N) is 3. The SMILES string of the molecule is COc1cc2c(cc1OC)CN(c1nccc(Nc3cccc(C)c3C)n1)CC2. The van der Waals surface area contributed by atoms with Crippen molar-refractivity contribution in [3.05, 3.63) is 64.8 Å². The van der Waals surface area contributed by atoms with Gasteiger partial charge in [-0.05, 0) is 66.8 Å². The summed E-state index contributed by atoms with van der Waals surface area (Å²) in [4.78, 5) is 11.5. The molecule has 0 fully saturated rings. The van der Waals surface area contributed by atoms with Crippen LogP contribution in [0.4, 0.5) is 17.5 Å². The third kappa shape index (κ3) is 3.83. The number of rotatable bonds is 5. The summed E-state index contributed by atoms with van der Waals surface area (Å²) in [5.74, 6) is 3.04. The molecule has 6 nitrogen and oxygen atoms in total. The van der Waals surface area contributed by atoms with Crippen LogP contribution in [0.15, 0.2) is 42.6 Å². The first-order valence-electron chi connectivity index (χ1n) is 9.74. The molecule has 1 aliphatic heterocycles. The quantitative estimate of drug-likeness (QED) is 0.696. The zero-order valence-corrected chi connectivity index (χ0v) is 17.3. The molecule has 2 heterocycles. The molecule has 3 aromatic rings. The minimum Gasteiger partial charge on any atom is -0.493 e. The molecule has 1 N–H and O–H groups in total. The van der Waals surface area contributed by atoms with Gasteiger partial charge in [-0.1, -0.05) is 12.1 Å². The van der Waals surface area contributed by atoms with E-state index in [1.807, 2.05) is 6.07 Å². The van der Waals surface area contributed by atoms with Crippen LogP contribution in [0.1, 0.15) is 22.3 Å². The fourth-order valence-electron chi connectivity index (χ4n) is 3.65. The van der Waals surface area contributed by atoms with Gasteiger partial charge >= 0.3 is 0 Å². The van der Waals surface area contributed by atoms with Gasteiger partial charge in [-0.25, -0.2) is 4.98 Å². The smallest absolute Gasteiger partial charge is 0.227 e. The Morgan fingerprint density at radius 2 is 1.76 bits per heavy atom. The molecule has 4 rings (SSSR count). The highest BCUT2D eigenvalue weighted by Gasteiger charge is 2.21. The number of hydrogen-bond acceptors (Lipinski definition) is 6. The monoisotopic (exact) mass is 390 g/mol. The number of hydrogen-bond donors (Lipinski definition) is 1. The van der Waals surface area contributed by atoms with Crippen LogP contribution in [0.2, 0.25) is 0 Å². The van der Waals surface area contributed by atoms with Crippen LogP contribution in [0.3, 0.4) is 0 Å². The highest BCUT2D eigenvalue weighted by molar-refractivity contribution is 5.62. The van der Waals surface area contributed by atoms with Crippen LogP contribution >= 0.6 is 0 Å². The van der Waals surface area contributed by atoms with E-state index in [2.05, 4.69) is 59.4 Å². The van der Waals surface area contributed by atoms with Crippen LogP contribution in [0.25, 0.3) is 0 Å². The van der Waals surface area contributed by atoms with E-state index in [4.69, 9.17) is 14.5 Å². The van der Waals surface area contributed by atoms with Gasteiger partial charge in [0.15, 0.2) is 11.5 Å². The fraction of sp³-hybridized carbons (Fsp3) is 0.304. The predicted molar refractivity (Wildman–Crippen MR) is 116 cm³/mol. The Labute approximate surface area is 171 Å². The van der Waals surface area contributed by atoms with Crippen LogP contribution in [-0.4, -0.2) is 30.7 Å². The van der Waals surface area contributed by atoms with Gasteiger partial charge in [-0.3, -0.25) is 0 Å². The standard InChI is InChI=1S/C23H26N4O2/c1-15-6-5-7-19(16(15)2)25-22-8-10-24-23(26-22)27-11-9-17-12-20(28-3)21(29-4)13-18(17)14-27/h5-8,10,12-13H,9,11,14H2,1-4H3,(H,24,25,26). The second-order valence-corrected chi connectivity index (χ2v) is 7.26. The molecule has 0 saturated carbocycles. The van der Waals surface area contributed by atoms with E-state index in [9.17, 15) is 0 Å². The van der Waals surface area contributed by atoms with Crippen LogP contribution in [0.5, 0.6) is 11.5 Å². The van der Waals surface area contributed by atoms with Gasteiger partial charge in [-0.15, -0.1) is 0 Å². The minimum absolute atomic E-state index is 0.723. The topological polar surface area (TPSA) is 59.5 Å². The third-order valence-electron chi connectivity index (χ3n) is 5.51. The molecule has 0 radical (unpaired) electrons. The predicted octanol–water partition coefficient (Wildman–Crippen LogP) is 4.42. The first kappa shape index (κ1) is 19.1. The number of fused-ring (bicyclic) bond motifs is 1. The minimum atomic E-state index is 0.723. The van der Waals surface area contributed by atoms with Crippen LogP contribution in [0, 0.1) is 13.8 Å². The van der Waals surface area contributed by atoms with Gasteiger partial charge in [0, 0.05) is 25.0 Å². The Bertz CT molecular complexity index is 1040. The molecule has 0 aliphatic carbocycles. The summed E-state index contributed by atoms with van der Waals surface area (Å²) in [7, 11) is 3.33. The zero-order chi connectivity index (χ0) is 20.4. The lowest BCUT2D eigenvalue weighted by molar-refractivity contribution is 0.353. The number of nitrogens with one attached hydrogen (secondary N) is 1. The molecule has 0 amide bonds. The van der Waals surface area contributed by atoms with E-state index in [0.717, 1.165) is 48.5 Å². The summed E-state index contributed by atoms with van der Waals surface area (Å²) >= 11 is 0. The number of benzene rings is 2. The number of aryl methyl sites for hydroxylation is 1. The normalized spacial score (nSPS) is 13.0. The maximum atomic E-state index is 5.46. The molecule has 1 aromatic heterocycles.